The Balaban J connectivity index is 2.03. The van der Waals surface area contributed by atoms with E-state index in [1.54, 1.807) is 6.26 Å². The molecular weight excluding hydrogens is 248 g/mol. The molecule has 0 fully saturated rings. The van der Waals surface area contributed by atoms with Gasteiger partial charge in [0.2, 0.25) is 0 Å². The molecule has 0 aliphatic heterocycles. The zero-order valence-corrected chi connectivity index (χ0v) is 11.2. The molecule has 0 unspecified atom stereocenters. The van der Waals surface area contributed by atoms with Crippen LogP contribution in [0.3, 0.4) is 0 Å². The quantitative estimate of drug-likeness (QED) is 0.840. The largest absolute Gasteiger partial charge is 0.468 e. The van der Waals surface area contributed by atoms with Crippen LogP contribution < -0.4 is 5.73 Å². The number of nitrogen functional groups attached to an aromatic ring is 1. The molecule has 0 aliphatic rings. The van der Waals surface area contributed by atoms with Gasteiger partial charge in [-0.3, -0.25) is 4.90 Å². The lowest BCUT2D eigenvalue weighted by Crippen LogP contribution is -2.22. The third-order valence-corrected chi connectivity index (χ3v) is 3.21. The number of rotatable bonds is 5. The van der Waals surface area contributed by atoms with E-state index < -0.39 is 0 Å². The van der Waals surface area contributed by atoms with Gasteiger partial charge in [-0.15, -0.1) is 0 Å². The van der Waals surface area contributed by atoms with E-state index in [0.29, 0.717) is 10.7 Å². The normalized spacial score (nSPS) is 11.1. The summed E-state index contributed by atoms with van der Waals surface area (Å²) < 4.78 is 5.36. The number of nitrogens with two attached hydrogens (primary N) is 1. The number of benzene rings is 1. The van der Waals surface area contributed by atoms with Gasteiger partial charge in [0.05, 0.1) is 23.5 Å². The van der Waals surface area contributed by atoms with Crippen LogP contribution in [0.15, 0.2) is 41.0 Å². The lowest BCUT2D eigenvalue weighted by molar-refractivity contribution is 0.248. The maximum absolute atomic E-state index is 6.02. The third kappa shape index (κ3) is 3.28. The second-order valence-electron chi connectivity index (χ2n) is 4.24. The first-order valence-corrected chi connectivity index (χ1v) is 6.35. The molecule has 96 valence electrons. The summed E-state index contributed by atoms with van der Waals surface area (Å²) >= 11 is 6.02. The van der Waals surface area contributed by atoms with Gasteiger partial charge in [-0.2, -0.15) is 0 Å². The topological polar surface area (TPSA) is 42.4 Å². The zero-order chi connectivity index (χ0) is 13.0. The lowest BCUT2D eigenvalue weighted by atomic mass is 10.2. The van der Waals surface area contributed by atoms with Gasteiger partial charge in [0.25, 0.3) is 0 Å². The molecule has 18 heavy (non-hydrogen) atoms. The van der Waals surface area contributed by atoms with Crippen LogP contribution in [0, 0.1) is 0 Å². The minimum atomic E-state index is 0.613. The maximum atomic E-state index is 6.02. The molecule has 0 aliphatic carbocycles. The Bertz CT molecular complexity index is 497. The summed E-state index contributed by atoms with van der Waals surface area (Å²) in [4.78, 5) is 2.28. The van der Waals surface area contributed by atoms with Crippen molar-refractivity contribution in [2.75, 3.05) is 12.3 Å². The number of hydrogen-bond donors (Lipinski definition) is 1. The Hall–Kier alpha value is -1.45. The van der Waals surface area contributed by atoms with Crippen LogP contribution in [0.2, 0.25) is 5.02 Å². The van der Waals surface area contributed by atoms with Gasteiger partial charge in [-0.1, -0.05) is 24.6 Å². The molecule has 3 nitrogen and oxygen atoms in total. The standard InChI is InChI=1S/C14H17ClN2O/c1-2-17(10-12-4-3-7-18-12)9-11-5-6-14(16)13(15)8-11/h3-8H,2,9-10,16H2,1H3. The molecule has 0 saturated heterocycles. The second kappa shape index (κ2) is 5.94. The van der Waals surface area contributed by atoms with E-state index in [4.69, 9.17) is 21.8 Å². The molecule has 1 aromatic carbocycles. The molecule has 2 aromatic rings. The Labute approximate surface area is 112 Å². The minimum absolute atomic E-state index is 0.613. The molecular formula is C14H17ClN2O. The smallest absolute Gasteiger partial charge is 0.117 e. The monoisotopic (exact) mass is 264 g/mol. The van der Waals surface area contributed by atoms with Crippen molar-refractivity contribution >= 4 is 17.3 Å². The fraction of sp³-hybridized carbons (Fsp3) is 0.286. The average molecular weight is 265 g/mol. The molecule has 4 heteroatoms. The van der Waals surface area contributed by atoms with E-state index in [1.165, 1.54) is 0 Å². The van der Waals surface area contributed by atoms with E-state index in [9.17, 15) is 0 Å². The number of hydrogen-bond acceptors (Lipinski definition) is 3. The average Bonchev–Trinajstić information content (AvgIpc) is 2.86. The number of halogens is 1. The molecule has 0 spiro atoms. The SMILES string of the molecule is CCN(Cc1ccc(N)c(Cl)c1)Cc1ccco1. The predicted octanol–water partition coefficient (Wildman–Crippen LogP) is 3.54. The van der Waals surface area contributed by atoms with Crippen molar-refractivity contribution in [2.24, 2.45) is 0 Å². The van der Waals surface area contributed by atoms with Crippen LogP contribution in [0.1, 0.15) is 18.2 Å². The summed E-state index contributed by atoms with van der Waals surface area (Å²) in [5.74, 6) is 0.971. The van der Waals surface area contributed by atoms with Crippen molar-refractivity contribution in [3.63, 3.8) is 0 Å². The van der Waals surface area contributed by atoms with Gasteiger partial charge in [-0.05, 0) is 36.4 Å². The van der Waals surface area contributed by atoms with Crippen molar-refractivity contribution in [1.82, 2.24) is 4.90 Å². The van der Waals surface area contributed by atoms with Gasteiger partial charge >= 0.3 is 0 Å². The highest BCUT2D eigenvalue weighted by Gasteiger charge is 2.07. The minimum Gasteiger partial charge on any atom is -0.468 e. The van der Waals surface area contributed by atoms with Crippen LogP contribution >= 0.6 is 11.6 Å². The van der Waals surface area contributed by atoms with Crippen molar-refractivity contribution in [3.05, 3.63) is 52.9 Å². The van der Waals surface area contributed by atoms with E-state index >= 15 is 0 Å². The summed E-state index contributed by atoms with van der Waals surface area (Å²) in [5.41, 5.74) is 7.48. The molecule has 2 rings (SSSR count). The van der Waals surface area contributed by atoms with Gasteiger partial charge in [0, 0.05) is 6.54 Å². The van der Waals surface area contributed by atoms with Crippen LogP contribution in [-0.2, 0) is 13.1 Å². The number of furan rings is 1. The van der Waals surface area contributed by atoms with Gasteiger partial charge < -0.3 is 10.2 Å². The Morgan fingerprint density at radius 2 is 2.11 bits per heavy atom. The number of anilines is 1. The van der Waals surface area contributed by atoms with E-state index in [-0.39, 0.29) is 0 Å². The first kappa shape index (κ1) is 13.0. The second-order valence-corrected chi connectivity index (χ2v) is 4.65. The van der Waals surface area contributed by atoms with E-state index in [1.807, 2.05) is 30.3 Å². The summed E-state index contributed by atoms with van der Waals surface area (Å²) in [6.45, 7) is 4.70. The zero-order valence-electron chi connectivity index (χ0n) is 10.4. The first-order chi connectivity index (χ1) is 8.69. The molecule has 0 radical (unpaired) electrons. The first-order valence-electron chi connectivity index (χ1n) is 5.97. The number of nitrogens with zero attached hydrogens (tertiary/aromatic N) is 1. The summed E-state index contributed by atoms with van der Waals surface area (Å²) in [6.07, 6.45) is 1.70. The van der Waals surface area contributed by atoms with Crippen LogP contribution in [0.4, 0.5) is 5.69 Å². The molecule has 2 N–H and O–H groups in total. The van der Waals surface area contributed by atoms with Crippen LogP contribution in [0.25, 0.3) is 0 Å². The highest BCUT2D eigenvalue weighted by atomic mass is 35.5. The fourth-order valence-corrected chi connectivity index (χ4v) is 2.03. The molecule has 0 amide bonds. The maximum Gasteiger partial charge on any atom is 0.117 e. The highest BCUT2D eigenvalue weighted by molar-refractivity contribution is 6.33. The lowest BCUT2D eigenvalue weighted by Gasteiger charge is -2.19. The molecule has 0 saturated carbocycles. The van der Waals surface area contributed by atoms with E-state index in [2.05, 4.69) is 11.8 Å². The molecule has 1 heterocycles. The Morgan fingerprint density at radius 3 is 2.72 bits per heavy atom. The van der Waals surface area contributed by atoms with Gasteiger partial charge in [0.1, 0.15) is 5.76 Å². The fourth-order valence-electron chi connectivity index (χ4n) is 1.83. The summed E-state index contributed by atoms with van der Waals surface area (Å²) in [5, 5.41) is 0.613. The predicted molar refractivity (Wildman–Crippen MR) is 74.4 cm³/mol. The van der Waals surface area contributed by atoms with Crippen molar-refractivity contribution in [1.29, 1.82) is 0 Å². The van der Waals surface area contributed by atoms with Gasteiger partial charge in [0.15, 0.2) is 0 Å². The van der Waals surface area contributed by atoms with Crippen LogP contribution in [-0.4, -0.2) is 11.4 Å². The van der Waals surface area contributed by atoms with Gasteiger partial charge in [-0.25, -0.2) is 0 Å². The third-order valence-electron chi connectivity index (χ3n) is 2.88. The van der Waals surface area contributed by atoms with Crippen molar-refractivity contribution in [3.8, 4) is 0 Å². The molecule has 1 aromatic heterocycles. The highest BCUT2D eigenvalue weighted by Crippen LogP contribution is 2.21. The summed E-state index contributed by atoms with van der Waals surface area (Å²) in [6, 6.07) is 9.66. The Kier molecular flexibility index (Phi) is 4.28. The molecule has 0 bridgehead atoms. The van der Waals surface area contributed by atoms with E-state index in [0.717, 1.165) is 31.0 Å². The molecule has 0 atom stereocenters. The van der Waals surface area contributed by atoms with Crippen molar-refractivity contribution in [2.45, 2.75) is 20.0 Å². The van der Waals surface area contributed by atoms with Crippen LogP contribution in [0.5, 0.6) is 0 Å². The summed E-state index contributed by atoms with van der Waals surface area (Å²) in [7, 11) is 0. The Morgan fingerprint density at radius 1 is 1.28 bits per heavy atom. The van der Waals surface area contributed by atoms with Crippen molar-refractivity contribution < 1.29 is 4.42 Å².